The highest BCUT2D eigenvalue weighted by Gasteiger charge is 2.09. The van der Waals surface area contributed by atoms with Gasteiger partial charge in [-0.2, -0.15) is 4.98 Å². The van der Waals surface area contributed by atoms with E-state index in [0.29, 0.717) is 35.4 Å². The van der Waals surface area contributed by atoms with Gasteiger partial charge < -0.3 is 20.5 Å². The van der Waals surface area contributed by atoms with Crippen LogP contribution in [0, 0.1) is 0 Å². The zero-order valence-electron chi connectivity index (χ0n) is 21.5. The largest absolute Gasteiger partial charge is 0.366 e. The zero-order chi connectivity index (χ0) is 27.4. The van der Waals surface area contributed by atoms with Crippen LogP contribution in [0.2, 0.25) is 5.02 Å². The maximum absolute atomic E-state index is 11.3. The van der Waals surface area contributed by atoms with Crippen LogP contribution in [0.15, 0.2) is 79.0 Å². The summed E-state index contributed by atoms with van der Waals surface area (Å²) in [6.45, 7) is 1.20. The molecule has 0 aliphatic heterocycles. The van der Waals surface area contributed by atoms with Crippen LogP contribution in [0.4, 0.5) is 23.4 Å². The monoisotopic (exact) mass is 598 g/mol. The van der Waals surface area contributed by atoms with Crippen molar-refractivity contribution in [1.29, 1.82) is 0 Å². The van der Waals surface area contributed by atoms with Gasteiger partial charge in [-0.05, 0) is 59.2 Å². The molecule has 10 nitrogen and oxygen atoms in total. The molecule has 13 heteroatoms. The van der Waals surface area contributed by atoms with E-state index in [1.807, 2.05) is 35.9 Å². The Labute approximate surface area is 243 Å². The summed E-state index contributed by atoms with van der Waals surface area (Å²) in [5, 5.41) is 15.7. The fraction of sp³-hybridized carbons (Fsp3) is 0.148. The molecule has 2 aromatic heterocycles. The van der Waals surface area contributed by atoms with Crippen molar-refractivity contribution in [3.05, 3.63) is 101 Å². The van der Waals surface area contributed by atoms with E-state index in [-0.39, 0.29) is 18.2 Å². The number of halogens is 2. The number of primary sulfonamides is 1. The summed E-state index contributed by atoms with van der Waals surface area (Å²) in [4.78, 5) is 13.6. The van der Waals surface area contributed by atoms with Crippen molar-refractivity contribution >= 4 is 68.5 Å². The molecule has 0 unspecified atom stereocenters. The summed E-state index contributed by atoms with van der Waals surface area (Å²) in [7, 11) is -1.59. The maximum Gasteiger partial charge on any atom is 0.229 e. The average molecular weight is 600 g/mol. The second kappa shape index (κ2) is 12.5. The molecule has 0 atom stereocenters. The lowest BCUT2D eigenvalue weighted by Gasteiger charge is -2.09. The Morgan fingerprint density at radius 2 is 1.55 bits per heavy atom. The fourth-order valence-corrected chi connectivity index (χ4v) is 4.84. The number of benzene rings is 3. The predicted octanol–water partition coefficient (Wildman–Crippen LogP) is 5.19. The van der Waals surface area contributed by atoms with Crippen LogP contribution in [0.25, 0.3) is 11.0 Å². The first-order valence-corrected chi connectivity index (χ1v) is 14.2. The van der Waals surface area contributed by atoms with Gasteiger partial charge in [0, 0.05) is 37.0 Å². The van der Waals surface area contributed by atoms with Crippen LogP contribution in [0.1, 0.15) is 16.7 Å². The number of rotatable bonds is 10. The molecule has 3 aromatic carbocycles. The first-order chi connectivity index (χ1) is 18.7. The van der Waals surface area contributed by atoms with E-state index >= 15 is 0 Å². The van der Waals surface area contributed by atoms with Gasteiger partial charge in [0.2, 0.25) is 21.9 Å². The SMILES string of the molecule is Cl.Cn1c(NCc2ccc(Cl)cc2)nc2cc(CNc3ccnc(Nc4ccc(CS(N)(=O)=O)cc4)n3)ccc21. The standard InChI is InChI=1S/C27H27ClN8O2S.ClH/c1-36-24-11-6-20(14-23(24)34-27(36)32-15-18-2-7-21(28)8-3-18)16-31-25-12-13-30-26(35-25)33-22-9-4-19(5-10-22)17-39(29,37)38;/h2-14H,15-17H2,1H3,(H,32,34)(H2,29,37,38)(H2,30,31,33,35);1H. The van der Waals surface area contributed by atoms with Crippen LogP contribution in [0.5, 0.6) is 0 Å². The first-order valence-electron chi connectivity index (χ1n) is 12.1. The van der Waals surface area contributed by atoms with Crippen LogP contribution in [0.3, 0.4) is 0 Å². The molecule has 2 heterocycles. The highest BCUT2D eigenvalue weighted by molar-refractivity contribution is 7.88. The van der Waals surface area contributed by atoms with Gasteiger partial charge in [-0.15, -0.1) is 12.4 Å². The van der Waals surface area contributed by atoms with Crippen LogP contribution >= 0.6 is 24.0 Å². The Balaban J connectivity index is 0.00000370. The molecule has 5 N–H and O–H groups in total. The van der Waals surface area contributed by atoms with Crippen LogP contribution in [-0.2, 0) is 35.9 Å². The van der Waals surface area contributed by atoms with Gasteiger partial charge in [0.25, 0.3) is 0 Å². The number of nitrogens with two attached hydrogens (primary N) is 1. The third kappa shape index (κ3) is 7.60. The molecular formula is C27H28Cl2N8O2S. The van der Waals surface area contributed by atoms with Gasteiger partial charge in [0.15, 0.2) is 0 Å². The normalized spacial score (nSPS) is 11.2. The van der Waals surface area contributed by atoms with Crippen molar-refractivity contribution in [2.75, 3.05) is 16.0 Å². The topological polar surface area (TPSA) is 140 Å². The number of aromatic nitrogens is 4. The van der Waals surface area contributed by atoms with Crippen LogP contribution < -0.4 is 21.1 Å². The molecule has 0 amide bonds. The Bertz CT molecular complexity index is 1710. The number of hydrogen-bond donors (Lipinski definition) is 4. The molecular weight excluding hydrogens is 571 g/mol. The summed E-state index contributed by atoms with van der Waals surface area (Å²) < 4.78 is 24.6. The smallest absolute Gasteiger partial charge is 0.229 e. The molecule has 0 aliphatic carbocycles. The minimum Gasteiger partial charge on any atom is -0.366 e. The van der Waals surface area contributed by atoms with Gasteiger partial charge in [-0.1, -0.05) is 41.9 Å². The lowest BCUT2D eigenvalue weighted by Crippen LogP contribution is -2.14. The van der Waals surface area contributed by atoms with Crippen molar-refractivity contribution in [2.24, 2.45) is 12.2 Å². The quantitative estimate of drug-likeness (QED) is 0.172. The van der Waals surface area contributed by atoms with E-state index in [4.69, 9.17) is 21.7 Å². The fourth-order valence-electron chi connectivity index (χ4n) is 4.05. The number of nitrogens with one attached hydrogen (secondary N) is 3. The molecule has 0 spiro atoms. The van der Waals surface area contributed by atoms with Crippen molar-refractivity contribution < 1.29 is 8.42 Å². The molecule has 40 heavy (non-hydrogen) atoms. The first kappa shape index (κ1) is 29.1. The van der Waals surface area contributed by atoms with Crippen molar-refractivity contribution in [3.63, 3.8) is 0 Å². The van der Waals surface area contributed by atoms with Gasteiger partial charge >= 0.3 is 0 Å². The summed E-state index contributed by atoms with van der Waals surface area (Å²) in [5.74, 6) is 1.64. The van der Waals surface area contributed by atoms with Crippen molar-refractivity contribution in [3.8, 4) is 0 Å². The third-order valence-corrected chi connectivity index (χ3v) is 7.00. The summed E-state index contributed by atoms with van der Waals surface area (Å²) in [6.07, 6.45) is 1.66. The number of sulfonamides is 1. The molecule has 5 aromatic rings. The third-order valence-electron chi connectivity index (χ3n) is 6.02. The van der Waals surface area contributed by atoms with Gasteiger partial charge in [0.1, 0.15) is 5.82 Å². The van der Waals surface area contributed by atoms with Crippen molar-refractivity contribution in [2.45, 2.75) is 18.8 Å². The van der Waals surface area contributed by atoms with Crippen LogP contribution in [-0.4, -0.2) is 27.9 Å². The summed E-state index contributed by atoms with van der Waals surface area (Å²) in [5.41, 5.74) is 5.44. The molecule has 0 fully saturated rings. The Morgan fingerprint density at radius 3 is 2.27 bits per heavy atom. The highest BCUT2D eigenvalue weighted by atomic mass is 35.5. The van der Waals surface area contributed by atoms with E-state index in [9.17, 15) is 8.42 Å². The Hall–Kier alpha value is -3.90. The van der Waals surface area contributed by atoms with E-state index in [1.54, 1.807) is 36.5 Å². The number of aryl methyl sites for hydroxylation is 1. The number of nitrogens with zero attached hydrogens (tertiary/aromatic N) is 4. The van der Waals surface area contributed by atoms with E-state index < -0.39 is 10.0 Å². The summed E-state index contributed by atoms with van der Waals surface area (Å²) >= 11 is 5.98. The lowest BCUT2D eigenvalue weighted by molar-refractivity contribution is 0.597. The minimum absolute atomic E-state index is 0. The number of imidazole rings is 1. The summed E-state index contributed by atoms with van der Waals surface area (Å²) in [6, 6.07) is 22.6. The van der Waals surface area contributed by atoms with Crippen molar-refractivity contribution in [1.82, 2.24) is 19.5 Å². The van der Waals surface area contributed by atoms with E-state index in [1.165, 1.54) is 0 Å². The molecule has 5 rings (SSSR count). The molecule has 0 bridgehead atoms. The number of fused-ring (bicyclic) bond motifs is 1. The molecule has 0 aliphatic rings. The van der Waals surface area contributed by atoms with E-state index in [0.717, 1.165) is 33.8 Å². The second-order valence-corrected chi connectivity index (χ2v) is 11.1. The predicted molar refractivity (Wildman–Crippen MR) is 163 cm³/mol. The Kier molecular flexibility index (Phi) is 9.10. The second-order valence-electron chi connectivity index (χ2n) is 9.05. The number of anilines is 4. The van der Waals surface area contributed by atoms with Gasteiger partial charge in [-0.3, -0.25) is 0 Å². The molecule has 0 radical (unpaired) electrons. The highest BCUT2D eigenvalue weighted by Crippen LogP contribution is 2.22. The zero-order valence-corrected chi connectivity index (χ0v) is 23.9. The van der Waals surface area contributed by atoms with Gasteiger partial charge in [0.05, 0.1) is 16.8 Å². The van der Waals surface area contributed by atoms with Gasteiger partial charge in [-0.25, -0.2) is 23.5 Å². The Morgan fingerprint density at radius 1 is 0.875 bits per heavy atom. The van der Waals surface area contributed by atoms with E-state index in [2.05, 4.69) is 44.1 Å². The lowest BCUT2D eigenvalue weighted by atomic mass is 10.2. The molecule has 0 saturated heterocycles. The average Bonchev–Trinajstić information content (AvgIpc) is 3.22. The number of hydrogen-bond acceptors (Lipinski definition) is 8. The molecule has 208 valence electrons. The molecule has 0 saturated carbocycles. The minimum atomic E-state index is -3.58. The maximum atomic E-state index is 11.3.